The fourth-order valence-electron chi connectivity index (χ4n) is 0.306. The van der Waals surface area contributed by atoms with Crippen LogP contribution >= 0.6 is 0 Å². The standard InChI is InChI=1S/C3H5N3O/c4-3-1-2-5-6(3)7/h1-2,7H,4H2. The highest BCUT2D eigenvalue weighted by Gasteiger charge is 1.87. The van der Waals surface area contributed by atoms with Crippen LogP contribution in [0.2, 0.25) is 0 Å². The minimum atomic E-state index is 0.250. The first kappa shape index (κ1) is 3.98. The van der Waals surface area contributed by atoms with Crippen molar-refractivity contribution in [3.8, 4) is 0 Å². The van der Waals surface area contributed by atoms with E-state index in [-0.39, 0.29) is 5.82 Å². The largest absolute Gasteiger partial charge is 0.410 e. The van der Waals surface area contributed by atoms with Crippen LogP contribution < -0.4 is 5.73 Å². The summed E-state index contributed by atoms with van der Waals surface area (Å²) in [6, 6.07) is 1.50. The van der Waals surface area contributed by atoms with E-state index in [1.165, 1.54) is 12.3 Å². The lowest BCUT2D eigenvalue weighted by Crippen LogP contribution is -1.97. The normalized spacial score (nSPS) is 9.14. The first-order valence-corrected chi connectivity index (χ1v) is 1.79. The maximum Gasteiger partial charge on any atom is 0.162 e. The van der Waals surface area contributed by atoms with E-state index in [0.29, 0.717) is 4.85 Å². The quantitative estimate of drug-likeness (QED) is 0.439. The van der Waals surface area contributed by atoms with Gasteiger partial charge in [-0.05, 0) is 0 Å². The molecule has 1 aromatic heterocycles. The average Bonchev–Trinajstić information content (AvgIpc) is 1.91. The van der Waals surface area contributed by atoms with Gasteiger partial charge in [-0.2, -0.15) is 0 Å². The molecule has 0 aliphatic carbocycles. The molecule has 0 saturated carbocycles. The molecule has 7 heavy (non-hydrogen) atoms. The van der Waals surface area contributed by atoms with Gasteiger partial charge in [0.1, 0.15) is 0 Å². The number of nitrogens with zero attached hydrogens (tertiary/aromatic N) is 2. The third-order valence-corrected chi connectivity index (χ3v) is 0.652. The zero-order valence-electron chi connectivity index (χ0n) is 3.57. The zero-order chi connectivity index (χ0) is 5.28. The van der Waals surface area contributed by atoms with Gasteiger partial charge in [-0.3, -0.25) is 0 Å². The van der Waals surface area contributed by atoms with Gasteiger partial charge in [-0.25, -0.2) is 0 Å². The van der Waals surface area contributed by atoms with Crippen molar-refractivity contribution in [2.24, 2.45) is 0 Å². The van der Waals surface area contributed by atoms with Gasteiger partial charge in [0.05, 0.1) is 6.20 Å². The number of nitrogen functional groups attached to an aromatic ring is 1. The third-order valence-electron chi connectivity index (χ3n) is 0.652. The van der Waals surface area contributed by atoms with Crippen molar-refractivity contribution in [3.63, 3.8) is 0 Å². The van der Waals surface area contributed by atoms with Gasteiger partial charge < -0.3 is 10.9 Å². The third kappa shape index (κ3) is 0.489. The summed E-state index contributed by atoms with van der Waals surface area (Å²) >= 11 is 0. The molecule has 38 valence electrons. The molecular weight excluding hydrogens is 94.1 g/mol. The minimum absolute atomic E-state index is 0.250. The van der Waals surface area contributed by atoms with Crippen LogP contribution in [-0.4, -0.2) is 15.2 Å². The molecule has 3 N–H and O–H groups in total. The van der Waals surface area contributed by atoms with Crippen LogP contribution in [0.4, 0.5) is 5.82 Å². The van der Waals surface area contributed by atoms with Gasteiger partial charge in [-0.15, -0.1) is 5.10 Å². The summed E-state index contributed by atoms with van der Waals surface area (Å²) < 4.78 is 0. The molecule has 0 saturated heterocycles. The lowest BCUT2D eigenvalue weighted by Gasteiger charge is -1.85. The van der Waals surface area contributed by atoms with Gasteiger partial charge >= 0.3 is 0 Å². The molecule has 1 heterocycles. The summed E-state index contributed by atoms with van der Waals surface area (Å²) in [7, 11) is 0. The predicted molar refractivity (Wildman–Crippen MR) is 23.8 cm³/mol. The summed E-state index contributed by atoms with van der Waals surface area (Å²) in [6.45, 7) is 0. The van der Waals surface area contributed by atoms with Gasteiger partial charge in [0.25, 0.3) is 0 Å². The van der Waals surface area contributed by atoms with Crippen LogP contribution in [-0.2, 0) is 0 Å². The summed E-state index contributed by atoms with van der Waals surface area (Å²) in [6.07, 6.45) is 1.41. The molecule has 1 rings (SSSR count). The average molecular weight is 99.1 g/mol. The molecule has 0 atom stereocenters. The van der Waals surface area contributed by atoms with Crippen LogP contribution in [0.5, 0.6) is 0 Å². The summed E-state index contributed by atoms with van der Waals surface area (Å²) in [4.78, 5) is 0.611. The Hall–Kier alpha value is -1.19. The Labute approximate surface area is 40.1 Å². The van der Waals surface area contributed by atoms with Crippen molar-refractivity contribution in [2.45, 2.75) is 0 Å². The van der Waals surface area contributed by atoms with E-state index >= 15 is 0 Å². The molecule has 0 radical (unpaired) electrons. The first-order chi connectivity index (χ1) is 3.30. The van der Waals surface area contributed by atoms with E-state index in [9.17, 15) is 0 Å². The van der Waals surface area contributed by atoms with Crippen LogP contribution in [0.1, 0.15) is 0 Å². The second-order valence-corrected chi connectivity index (χ2v) is 1.15. The summed E-state index contributed by atoms with van der Waals surface area (Å²) in [5.74, 6) is 0.250. The van der Waals surface area contributed by atoms with Crippen LogP contribution in [0.25, 0.3) is 0 Å². The minimum Gasteiger partial charge on any atom is -0.410 e. The second kappa shape index (κ2) is 1.14. The van der Waals surface area contributed by atoms with E-state index in [2.05, 4.69) is 5.10 Å². The molecule has 0 amide bonds. The number of anilines is 1. The Kier molecular flexibility index (Phi) is 0.651. The summed E-state index contributed by atoms with van der Waals surface area (Å²) in [5.41, 5.74) is 5.09. The molecule has 0 bridgehead atoms. The van der Waals surface area contributed by atoms with Crippen molar-refractivity contribution in [1.82, 2.24) is 9.94 Å². The van der Waals surface area contributed by atoms with Gasteiger partial charge in [0, 0.05) is 6.07 Å². The van der Waals surface area contributed by atoms with Crippen molar-refractivity contribution in [2.75, 3.05) is 5.73 Å². The highest BCUT2D eigenvalue weighted by atomic mass is 16.5. The molecule has 0 aliphatic heterocycles. The van der Waals surface area contributed by atoms with Gasteiger partial charge in [-0.1, -0.05) is 4.85 Å². The van der Waals surface area contributed by atoms with Crippen molar-refractivity contribution < 1.29 is 5.21 Å². The number of aromatic nitrogens is 2. The molecule has 4 heteroatoms. The maximum absolute atomic E-state index is 8.44. The maximum atomic E-state index is 8.44. The highest BCUT2D eigenvalue weighted by Crippen LogP contribution is 1.92. The van der Waals surface area contributed by atoms with E-state index in [1.54, 1.807) is 0 Å². The Morgan fingerprint density at radius 1 is 1.86 bits per heavy atom. The van der Waals surface area contributed by atoms with E-state index in [0.717, 1.165) is 0 Å². The van der Waals surface area contributed by atoms with Crippen LogP contribution in [0.3, 0.4) is 0 Å². The smallest absolute Gasteiger partial charge is 0.162 e. The zero-order valence-corrected chi connectivity index (χ0v) is 3.57. The van der Waals surface area contributed by atoms with E-state index in [1.807, 2.05) is 0 Å². The molecule has 4 nitrogen and oxygen atoms in total. The lowest BCUT2D eigenvalue weighted by atomic mass is 10.7. The number of nitrogens with two attached hydrogens (primary N) is 1. The van der Waals surface area contributed by atoms with E-state index < -0.39 is 0 Å². The Bertz CT molecular complexity index is 142. The van der Waals surface area contributed by atoms with Gasteiger partial charge in [0.2, 0.25) is 0 Å². The topological polar surface area (TPSA) is 64.1 Å². The Morgan fingerprint density at radius 3 is 2.71 bits per heavy atom. The van der Waals surface area contributed by atoms with E-state index in [4.69, 9.17) is 10.9 Å². The summed E-state index contributed by atoms with van der Waals surface area (Å²) in [5, 5.41) is 11.8. The predicted octanol–water partition coefficient (Wildman–Crippen LogP) is -0.297. The highest BCUT2D eigenvalue weighted by molar-refractivity contribution is 5.24. The molecule has 0 unspecified atom stereocenters. The molecule has 0 aliphatic rings. The second-order valence-electron chi connectivity index (χ2n) is 1.15. The van der Waals surface area contributed by atoms with Crippen molar-refractivity contribution in [3.05, 3.63) is 12.3 Å². The Balaban J connectivity index is 3.12. The fourth-order valence-corrected chi connectivity index (χ4v) is 0.306. The van der Waals surface area contributed by atoms with Crippen LogP contribution in [0.15, 0.2) is 12.3 Å². The van der Waals surface area contributed by atoms with Gasteiger partial charge in [0.15, 0.2) is 5.82 Å². The van der Waals surface area contributed by atoms with Crippen LogP contribution in [0, 0.1) is 0 Å². The Morgan fingerprint density at radius 2 is 2.57 bits per heavy atom. The molecule has 0 aromatic carbocycles. The SMILES string of the molecule is Nc1ccnn1O. The number of hydrogen-bond acceptors (Lipinski definition) is 3. The molecule has 1 aromatic rings. The van der Waals surface area contributed by atoms with Crippen molar-refractivity contribution in [1.29, 1.82) is 0 Å². The first-order valence-electron chi connectivity index (χ1n) is 1.79. The monoisotopic (exact) mass is 99.0 g/mol. The molecule has 0 fully saturated rings. The fraction of sp³-hybridized carbons (Fsp3) is 0. The lowest BCUT2D eigenvalue weighted by molar-refractivity contribution is 0.155. The number of hydrogen-bond donors (Lipinski definition) is 2. The number of rotatable bonds is 0. The molecule has 0 spiro atoms. The van der Waals surface area contributed by atoms with Crippen molar-refractivity contribution >= 4 is 5.82 Å². The molecular formula is C3H5N3O.